The molecular weight excluding hydrogens is 200 g/mol. The van der Waals surface area contributed by atoms with E-state index in [-0.39, 0.29) is 0 Å². The fourth-order valence-corrected chi connectivity index (χ4v) is 2.55. The molecule has 0 bridgehead atoms. The molecule has 0 atom stereocenters. The van der Waals surface area contributed by atoms with Crippen LogP contribution in [0.3, 0.4) is 0 Å². The Morgan fingerprint density at radius 1 is 0.875 bits per heavy atom. The average molecular weight is 226 g/mol. The summed E-state index contributed by atoms with van der Waals surface area (Å²) in [5, 5.41) is 5.73. The van der Waals surface area contributed by atoms with Gasteiger partial charge in [0.05, 0.1) is 0 Å². The molecule has 0 aliphatic carbocycles. The van der Waals surface area contributed by atoms with Crippen molar-refractivity contribution < 1.29 is 0 Å². The van der Waals surface area contributed by atoms with Crippen LogP contribution in [0.1, 0.15) is 25.7 Å². The number of piperazine rings is 1. The second kappa shape index (κ2) is 7.22. The highest BCUT2D eigenvalue weighted by molar-refractivity contribution is 4.67. The van der Waals surface area contributed by atoms with Crippen LogP contribution in [-0.4, -0.2) is 62.3 Å². The highest BCUT2D eigenvalue weighted by Crippen LogP contribution is 2.08. The fourth-order valence-electron chi connectivity index (χ4n) is 2.55. The maximum absolute atomic E-state index is 3.54. The molecule has 0 amide bonds. The van der Waals surface area contributed by atoms with Gasteiger partial charge in [0.1, 0.15) is 0 Å². The van der Waals surface area contributed by atoms with Gasteiger partial charge in [0.25, 0.3) is 0 Å². The van der Waals surface area contributed by atoms with E-state index in [4.69, 9.17) is 0 Å². The Balaban J connectivity index is 1.55. The van der Waals surface area contributed by atoms with Gasteiger partial charge in [-0.05, 0) is 25.9 Å². The molecule has 0 aromatic rings. The molecule has 0 spiro atoms. The topological polar surface area (TPSA) is 30.5 Å². The summed E-state index contributed by atoms with van der Waals surface area (Å²) in [7, 11) is 0. The van der Waals surface area contributed by atoms with E-state index in [0.717, 1.165) is 32.7 Å². The third-order valence-corrected chi connectivity index (χ3v) is 3.58. The van der Waals surface area contributed by atoms with Crippen LogP contribution in [-0.2, 0) is 0 Å². The van der Waals surface area contributed by atoms with Crippen LogP contribution in [0.2, 0.25) is 0 Å². The smallest absolute Gasteiger partial charge is 0.0256 e. The van der Waals surface area contributed by atoms with Gasteiger partial charge in [0.15, 0.2) is 0 Å². The summed E-state index contributed by atoms with van der Waals surface area (Å²) >= 11 is 0. The highest BCUT2D eigenvalue weighted by Gasteiger charge is 2.10. The number of likely N-dealkylation sites (tertiary alicyclic amines) is 1. The minimum atomic E-state index is 1.11. The molecule has 0 unspecified atom stereocenters. The van der Waals surface area contributed by atoms with E-state index >= 15 is 0 Å². The van der Waals surface area contributed by atoms with Crippen molar-refractivity contribution in [2.45, 2.75) is 25.7 Å². The minimum Gasteiger partial charge on any atom is -0.314 e. The van der Waals surface area contributed by atoms with E-state index in [9.17, 15) is 0 Å². The number of hydrogen-bond acceptors (Lipinski definition) is 4. The van der Waals surface area contributed by atoms with Crippen molar-refractivity contribution in [1.82, 2.24) is 20.7 Å². The van der Waals surface area contributed by atoms with Gasteiger partial charge in [0.2, 0.25) is 0 Å². The molecule has 2 aliphatic rings. The summed E-state index contributed by atoms with van der Waals surface area (Å²) in [6.45, 7) is 9.46. The molecule has 4 heteroatoms. The Labute approximate surface area is 99.3 Å². The Hall–Kier alpha value is -0.160. The first-order valence-corrected chi connectivity index (χ1v) is 6.87. The first kappa shape index (κ1) is 12.3. The zero-order valence-electron chi connectivity index (χ0n) is 10.4. The lowest BCUT2D eigenvalue weighted by Gasteiger charge is -2.29. The summed E-state index contributed by atoms with van der Waals surface area (Å²) in [5.74, 6) is 0. The molecule has 94 valence electrons. The lowest BCUT2D eigenvalue weighted by atomic mass is 10.2. The van der Waals surface area contributed by atoms with E-state index in [0.29, 0.717) is 0 Å². The van der Waals surface area contributed by atoms with Crippen molar-refractivity contribution in [3.63, 3.8) is 0 Å². The predicted molar refractivity (Wildman–Crippen MR) is 67.4 cm³/mol. The summed E-state index contributed by atoms with van der Waals surface area (Å²) in [4.78, 5) is 2.61. The predicted octanol–water partition coefficient (Wildman–Crippen LogP) is 0.272. The number of hydrogen-bond donors (Lipinski definition) is 2. The normalized spacial score (nSPS) is 25.5. The zero-order valence-corrected chi connectivity index (χ0v) is 10.4. The minimum absolute atomic E-state index is 1.11. The van der Waals surface area contributed by atoms with Gasteiger partial charge in [-0.3, -0.25) is 5.43 Å². The van der Waals surface area contributed by atoms with E-state index in [1.165, 1.54) is 45.3 Å². The second-order valence-electron chi connectivity index (χ2n) is 4.90. The van der Waals surface area contributed by atoms with Gasteiger partial charge < -0.3 is 10.2 Å². The van der Waals surface area contributed by atoms with Gasteiger partial charge in [-0.1, -0.05) is 12.8 Å². The Bertz CT molecular complexity index is 172. The van der Waals surface area contributed by atoms with Gasteiger partial charge >= 0.3 is 0 Å². The summed E-state index contributed by atoms with van der Waals surface area (Å²) in [5.41, 5.74) is 3.54. The number of rotatable bonds is 4. The molecule has 2 rings (SSSR count). The third kappa shape index (κ3) is 4.37. The SMILES string of the molecule is C1CCCN(CCNN2CCNCC2)CC1. The maximum atomic E-state index is 3.54. The van der Waals surface area contributed by atoms with Crippen LogP contribution in [0.15, 0.2) is 0 Å². The molecule has 0 aromatic heterocycles. The highest BCUT2D eigenvalue weighted by atomic mass is 15.5. The number of nitrogens with one attached hydrogen (secondary N) is 2. The van der Waals surface area contributed by atoms with Crippen LogP contribution >= 0.6 is 0 Å². The molecule has 2 fully saturated rings. The average Bonchev–Trinajstić information content (AvgIpc) is 2.59. The largest absolute Gasteiger partial charge is 0.314 e. The number of nitrogens with zero attached hydrogens (tertiary/aromatic N) is 2. The molecular formula is C12H26N4. The molecule has 2 heterocycles. The Morgan fingerprint density at radius 3 is 2.25 bits per heavy atom. The molecule has 0 aromatic carbocycles. The molecule has 0 radical (unpaired) electrons. The first-order chi connectivity index (χ1) is 7.95. The molecule has 2 aliphatic heterocycles. The van der Waals surface area contributed by atoms with Gasteiger partial charge in [-0.15, -0.1) is 0 Å². The Morgan fingerprint density at radius 2 is 1.56 bits per heavy atom. The monoisotopic (exact) mass is 226 g/mol. The molecule has 2 saturated heterocycles. The van der Waals surface area contributed by atoms with Gasteiger partial charge in [-0.25, -0.2) is 5.01 Å². The fraction of sp³-hybridized carbons (Fsp3) is 1.00. The maximum Gasteiger partial charge on any atom is 0.0256 e. The Kier molecular flexibility index (Phi) is 5.55. The van der Waals surface area contributed by atoms with Crippen molar-refractivity contribution in [1.29, 1.82) is 0 Å². The van der Waals surface area contributed by atoms with E-state index in [1.807, 2.05) is 0 Å². The molecule has 16 heavy (non-hydrogen) atoms. The van der Waals surface area contributed by atoms with Gasteiger partial charge in [-0.2, -0.15) is 0 Å². The van der Waals surface area contributed by atoms with Crippen molar-refractivity contribution in [2.75, 3.05) is 52.4 Å². The van der Waals surface area contributed by atoms with Crippen LogP contribution in [0.4, 0.5) is 0 Å². The number of hydrazine groups is 1. The van der Waals surface area contributed by atoms with Crippen LogP contribution in [0.25, 0.3) is 0 Å². The first-order valence-electron chi connectivity index (χ1n) is 6.87. The summed E-state index contributed by atoms with van der Waals surface area (Å²) in [6.07, 6.45) is 5.66. The quantitative estimate of drug-likeness (QED) is 0.720. The summed E-state index contributed by atoms with van der Waals surface area (Å²) in [6, 6.07) is 0. The molecule has 4 nitrogen and oxygen atoms in total. The molecule has 0 saturated carbocycles. The molecule has 2 N–H and O–H groups in total. The van der Waals surface area contributed by atoms with Crippen LogP contribution in [0.5, 0.6) is 0 Å². The van der Waals surface area contributed by atoms with Crippen LogP contribution < -0.4 is 10.7 Å². The van der Waals surface area contributed by atoms with Crippen molar-refractivity contribution in [3.05, 3.63) is 0 Å². The zero-order chi connectivity index (χ0) is 11.1. The van der Waals surface area contributed by atoms with Gasteiger partial charge in [0, 0.05) is 39.3 Å². The van der Waals surface area contributed by atoms with E-state index in [2.05, 4.69) is 20.7 Å². The van der Waals surface area contributed by atoms with Crippen molar-refractivity contribution >= 4 is 0 Å². The lowest BCUT2D eigenvalue weighted by Crippen LogP contribution is -2.51. The van der Waals surface area contributed by atoms with Crippen LogP contribution in [0, 0.1) is 0 Å². The van der Waals surface area contributed by atoms with Crippen molar-refractivity contribution in [3.8, 4) is 0 Å². The third-order valence-electron chi connectivity index (χ3n) is 3.58. The van der Waals surface area contributed by atoms with E-state index < -0.39 is 0 Å². The van der Waals surface area contributed by atoms with E-state index in [1.54, 1.807) is 0 Å². The second-order valence-corrected chi connectivity index (χ2v) is 4.90. The standard InChI is InChI=1S/C12H26N4/c1-2-4-9-15(8-3-1)10-7-14-16-11-5-13-6-12-16/h13-14H,1-12H2. The van der Waals surface area contributed by atoms with Crippen molar-refractivity contribution in [2.24, 2.45) is 0 Å². The summed E-state index contributed by atoms with van der Waals surface area (Å²) < 4.78 is 0. The lowest BCUT2D eigenvalue weighted by molar-refractivity contribution is 0.151.